The van der Waals surface area contributed by atoms with Crippen molar-refractivity contribution in [1.82, 2.24) is 4.98 Å². The maximum Gasteiger partial charge on any atom is 0.150 e. The molecule has 0 saturated carbocycles. The van der Waals surface area contributed by atoms with E-state index in [2.05, 4.69) is 4.98 Å². The summed E-state index contributed by atoms with van der Waals surface area (Å²) in [6.07, 6.45) is 1.93. The SMILES string of the molecule is CSc1sc(C(=N)N)cc1-c1nc(-c2cccc(N(c3ccc(F)cc3F)S(=O)[O-])c2)cs1. The van der Waals surface area contributed by atoms with Gasteiger partial charge in [-0.15, -0.1) is 34.4 Å². The minimum Gasteiger partial charge on any atom is -0.755 e. The second kappa shape index (κ2) is 9.69. The van der Waals surface area contributed by atoms with Crippen molar-refractivity contribution in [3.63, 3.8) is 0 Å². The van der Waals surface area contributed by atoms with Crippen molar-refractivity contribution in [1.29, 1.82) is 5.41 Å². The van der Waals surface area contributed by atoms with Gasteiger partial charge < -0.3 is 10.3 Å². The van der Waals surface area contributed by atoms with Gasteiger partial charge in [-0.3, -0.25) is 13.9 Å². The topological polar surface area (TPSA) is 106 Å². The molecule has 0 bridgehead atoms. The summed E-state index contributed by atoms with van der Waals surface area (Å²) < 4.78 is 53.2. The fourth-order valence-corrected chi connectivity index (χ4v) is 6.39. The van der Waals surface area contributed by atoms with Crippen LogP contribution in [0.25, 0.3) is 21.8 Å². The normalized spacial score (nSPS) is 12.0. The lowest BCUT2D eigenvalue weighted by atomic mass is 10.1. The van der Waals surface area contributed by atoms with Crippen LogP contribution in [-0.2, 0) is 11.3 Å². The van der Waals surface area contributed by atoms with Crippen LogP contribution < -0.4 is 10.0 Å². The molecule has 2 aromatic heterocycles. The van der Waals surface area contributed by atoms with Gasteiger partial charge in [-0.05, 0) is 36.6 Å². The molecule has 2 aromatic carbocycles. The summed E-state index contributed by atoms with van der Waals surface area (Å²) in [6.45, 7) is 0. The number of benzene rings is 2. The summed E-state index contributed by atoms with van der Waals surface area (Å²) >= 11 is 1.52. The largest absolute Gasteiger partial charge is 0.755 e. The first-order chi connectivity index (χ1) is 15.8. The molecular weight excluding hydrogens is 507 g/mol. The highest BCUT2D eigenvalue weighted by Crippen LogP contribution is 2.40. The Kier molecular flexibility index (Phi) is 6.91. The Balaban J connectivity index is 1.72. The highest BCUT2D eigenvalue weighted by atomic mass is 32.2. The van der Waals surface area contributed by atoms with Gasteiger partial charge in [0.25, 0.3) is 0 Å². The smallest absolute Gasteiger partial charge is 0.150 e. The molecule has 0 saturated heterocycles. The third-order valence-electron chi connectivity index (χ3n) is 4.54. The second-order valence-electron chi connectivity index (χ2n) is 6.63. The molecule has 1 unspecified atom stereocenters. The number of aromatic nitrogens is 1. The fourth-order valence-electron chi connectivity index (χ4n) is 3.08. The molecule has 12 heteroatoms. The Bertz CT molecular complexity index is 1370. The van der Waals surface area contributed by atoms with Gasteiger partial charge >= 0.3 is 0 Å². The summed E-state index contributed by atoms with van der Waals surface area (Å²) in [6, 6.07) is 11.0. The maximum atomic E-state index is 14.3. The predicted molar refractivity (Wildman–Crippen MR) is 131 cm³/mol. The lowest BCUT2D eigenvalue weighted by Crippen LogP contribution is -2.20. The first-order valence-corrected chi connectivity index (χ1v) is 13.2. The summed E-state index contributed by atoms with van der Waals surface area (Å²) in [4.78, 5) is 5.34. The van der Waals surface area contributed by atoms with Crippen LogP contribution in [0.2, 0.25) is 0 Å². The minimum atomic E-state index is -2.85. The highest BCUT2D eigenvalue weighted by Gasteiger charge is 2.18. The zero-order valence-electron chi connectivity index (χ0n) is 16.9. The van der Waals surface area contributed by atoms with Crippen molar-refractivity contribution >= 4 is 62.9 Å². The van der Waals surface area contributed by atoms with E-state index in [1.54, 1.807) is 18.2 Å². The lowest BCUT2D eigenvalue weighted by molar-refractivity contribution is 0.534. The van der Waals surface area contributed by atoms with Gasteiger partial charge in [0.1, 0.15) is 16.7 Å². The zero-order valence-corrected chi connectivity index (χ0v) is 20.1. The first kappa shape index (κ1) is 23.5. The molecule has 0 amide bonds. The molecule has 0 aliphatic carbocycles. The Labute approximate surface area is 203 Å². The predicted octanol–water partition coefficient (Wildman–Crippen LogP) is 5.75. The van der Waals surface area contributed by atoms with Gasteiger partial charge in [0.2, 0.25) is 0 Å². The number of nitrogens with two attached hydrogens (primary N) is 1. The molecule has 4 aromatic rings. The van der Waals surface area contributed by atoms with Gasteiger partial charge in [-0.2, -0.15) is 0 Å². The molecule has 3 N–H and O–H groups in total. The second-order valence-corrected chi connectivity index (χ2v) is 10.4. The van der Waals surface area contributed by atoms with Gasteiger partial charge in [0.15, 0.2) is 5.82 Å². The molecule has 0 aliphatic rings. The third-order valence-corrected chi connectivity index (χ3v) is 8.42. The number of halogens is 2. The van der Waals surface area contributed by atoms with Crippen LogP contribution in [0.15, 0.2) is 58.1 Å². The maximum absolute atomic E-state index is 14.3. The molecule has 33 heavy (non-hydrogen) atoms. The van der Waals surface area contributed by atoms with E-state index < -0.39 is 22.9 Å². The number of anilines is 2. The summed E-state index contributed by atoms with van der Waals surface area (Å²) in [5, 5.41) is 10.2. The summed E-state index contributed by atoms with van der Waals surface area (Å²) in [5.41, 5.74) is 7.62. The molecule has 4 rings (SSSR count). The van der Waals surface area contributed by atoms with Gasteiger partial charge in [0, 0.05) is 22.6 Å². The molecule has 0 spiro atoms. The van der Waals surface area contributed by atoms with Crippen LogP contribution in [-0.4, -0.2) is 25.8 Å². The average molecular weight is 522 g/mol. The third kappa shape index (κ3) is 4.84. The number of hydrogen-bond donors (Lipinski definition) is 2. The van der Waals surface area contributed by atoms with Crippen LogP contribution in [0.3, 0.4) is 0 Å². The standard InChI is InChI=1S/C21H16F2N4O2S4/c1-30-21-14(9-18(32-21)19(24)25)20-26-16(10-31-20)11-3-2-4-13(7-11)27(33(28)29)17-6-5-12(22)8-15(17)23/h2-10H,1H3,(H3,24,25)(H,28,29)/p-1. The number of nitrogens with one attached hydrogen (secondary N) is 1. The number of hydrogen-bond acceptors (Lipinski definition) is 7. The van der Waals surface area contributed by atoms with E-state index in [0.29, 0.717) is 22.2 Å². The number of nitrogens with zero attached hydrogens (tertiary/aromatic N) is 2. The van der Waals surface area contributed by atoms with Crippen molar-refractivity contribution in [2.75, 3.05) is 10.6 Å². The quantitative estimate of drug-likeness (QED) is 0.139. The van der Waals surface area contributed by atoms with Crippen molar-refractivity contribution in [2.45, 2.75) is 4.21 Å². The minimum absolute atomic E-state index is 0.00948. The van der Waals surface area contributed by atoms with Crippen molar-refractivity contribution in [3.8, 4) is 21.8 Å². The molecule has 0 fully saturated rings. The van der Waals surface area contributed by atoms with E-state index in [-0.39, 0.29) is 17.2 Å². The lowest BCUT2D eigenvalue weighted by Gasteiger charge is -2.27. The molecular formula is C21H15F2N4O2S4-. The van der Waals surface area contributed by atoms with Crippen molar-refractivity contribution in [2.24, 2.45) is 5.73 Å². The number of thiazole rings is 1. The van der Waals surface area contributed by atoms with Gasteiger partial charge in [0.05, 0.1) is 37.4 Å². The molecule has 6 nitrogen and oxygen atoms in total. The Morgan fingerprint density at radius 3 is 2.70 bits per heavy atom. The molecule has 0 radical (unpaired) electrons. The van der Waals surface area contributed by atoms with E-state index in [1.165, 1.54) is 40.5 Å². The van der Waals surface area contributed by atoms with Crippen LogP contribution in [0.5, 0.6) is 0 Å². The molecule has 1 atom stereocenters. The van der Waals surface area contributed by atoms with E-state index in [9.17, 15) is 17.5 Å². The van der Waals surface area contributed by atoms with Gasteiger partial charge in [-0.1, -0.05) is 12.1 Å². The first-order valence-electron chi connectivity index (χ1n) is 9.21. The Morgan fingerprint density at radius 1 is 1.24 bits per heavy atom. The average Bonchev–Trinajstić information content (AvgIpc) is 3.42. The summed E-state index contributed by atoms with van der Waals surface area (Å²) in [7, 11) is 0. The van der Waals surface area contributed by atoms with E-state index in [1.807, 2.05) is 17.7 Å². The molecule has 0 aliphatic heterocycles. The number of rotatable bonds is 7. The van der Waals surface area contributed by atoms with Gasteiger partial charge in [-0.25, -0.2) is 13.8 Å². The Hall–Kier alpha value is -2.64. The van der Waals surface area contributed by atoms with Crippen molar-refractivity contribution < 1.29 is 17.5 Å². The van der Waals surface area contributed by atoms with Crippen LogP contribution in [0, 0.1) is 17.0 Å². The number of thioether (sulfide) groups is 1. The van der Waals surface area contributed by atoms with E-state index in [4.69, 9.17) is 11.1 Å². The molecule has 2 heterocycles. The van der Waals surface area contributed by atoms with Crippen LogP contribution >= 0.6 is 34.4 Å². The molecule has 170 valence electrons. The fraction of sp³-hybridized carbons (Fsp3) is 0.0476. The number of amidine groups is 1. The van der Waals surface area contributed by atoms with E-state index >= 15 is 0 Å². The van der Waals surface area contributed by atoms with Crippen LogP contribution in [0.1, 0.15) is 4.88 Å². The van der Waals surface area contributed by atoms with E-state index in [0.717, 1.165) is 31.2 Å². The number of nitrogen functional groups attached to an aromatic ring is 1. The summed E-state index contributed by atoms with van der Waals surface area (Å²) in [5.74, 6) is -1.81. The Morgan fingerprint density at radius 2 is 2.03 bits per heavy atom. The van der Waals surface area contributed by atoms with Crippen molar-refractivity contribution in [3.05, 3.63) is 70.4 Å². The zero-order chi connectivity index (χ0) is 23.7. The monoisotopic (exact) mass is 521 g/mol. The highest BCUT2D eigenvalue weighted by molar-refractivity contribution is 8.00. The van der Waals surface area contributed by atoms with Crippen LogP contribution in [0.4, 0.5) is 20.2 Å². The number of thiophene rings is 1.